The Balaban J connectivity index is 1.55. The Morgan fingerprint density at radius 2 is 1.77 bits per heavy atom. The van der Waals surface area contributed by atoms with Gasteiger partial charge in [-0.15, -0.1) is 0 Å². The van der Waals surface area contributed by atoms with Gasteiger partial charge in [-0.1, -0.05) is 6.07 Å². The summed E-state index contributed by atoms with van der Waals surface area (Å²) in [6.07, 6.45) is -1.14. The molecule has 160 valence electrons. The second-order valence-corrected chi connectivity index (χ2v) is 8.20. The molecule has 2 aromatic rings. The Kier molecular flexibility index (Phi) is 6.20. The number of halogens is 2. The zero-order valence-electron chi connectivity index (χ0n) is 15.6. The lowest BCUT2D eigenvalue weighted by Crippen LogP contribution is -2.35. The Bertz CT molecular complexity index is 1060. The lowest BCUT2D eigenvalue weighted by atomic mass is 10.2. The largest absolute Gasteiger partial charge is 0.454 e. The maximum Gasteiger partial charge on any atom is 0.341 e. The Morgan fingerprint density at radius 1 is 1.10 bits per heavy atom. The number of nitrogens with one attached hydrogen (secondary N) is 1. The van der Waals surface area contributed by atoms with Crippen LogP contribution in [0.2, 0.25) is 0 Å². The summed E-state index contributed by atoms with van der Waals surface area (Å²) in [4.78, 5) is 23.7. The van der Waals surface area contributed by atoms with E-state index in [1.807, 2.05) is 0 Å². The summed E-state index contributed by atoms with van der Waals surface area (Å²) in [7, 11) is -4.76. The highest BCUT2D eigenvalue weighted by molar-refractivity contribution is 7.91. The van der Waals surface area contributed by atoms with Crippen LogP contribution in [0.25, 0.3) is 0 Å². The average Bonchev–Trinajstić information content (AvgIpc) is 3.19. The summed E-state index contributed by atoms with van der Waals surface area (Å²) in [6.45, 7) is 1.66. The number of esters is 1. The second kappa shape index (κ2) is 8.66. The first-order valence-electron chi connectivity index (χ1n) is 8.68. The minimum Gasteiger partial charge on any atom is -0.454 e. The van der Waals surface area contributed by atoms with Crippen molar-refractivity contribution in [2.45, 2.75) is 30.2 Å². The van der Waals surface area contributed by atoms with Crippen molar-refractivity contribution in [3.63, 3.8) is 0 Å². The van der Waals surface area contributed by atoms with Crippen LogP contribution in [0.3, 0.4) is 0 Å². The summed E-state index contributed by atoms with van der Waals surface area (Å²) in [5.74, 6) is -3.85. The number of amides is 1. The van der Waals surface area contributed by atoms with Gasteiger partial charge in [-0.3, -0.25) is 4.79 Å². The number of hydrogen-bond donors (Lipinski definition) is 1. The van der Waals surface area contributed by atoms with Gasteiger partial charge in [0.05, 0.1) is 10.5 Å². The summed E-state index contributed by atoms with van der Waals surface area (Å²) >= 11 is 0. The fourth-order valence-corrected chi connectivity index (χ4v) is 3.27. The number of carbonyl (C=O) groups is 2. The maximum atomic E-state index is 12.5. The topological polar surface area (TPSA) is 108 Å². The predicted octanol–water partition coefficient (Wildman–Crippen LogP) is 2.27. The summed E-state index contributed by atoms with van der Waals surface area (Å²) in [5.41, 5.74) is 0.667. The molecular weight excluding hydrogens is 424 g/mol. The maximum absolute atomic E-state index is 12.5. The van der Waals surface area contributed by atoms with Crippen LogP contribution < -0.4 is 14.8 Å². The van der Waals surface area contributed by atoms with Gasteiger partial charge in [0.25, 0.3) is 5.91 Å². The molecule has 0 radical (unpaired) electrons. The van der Waals surface area contributed by atoms with E-state index in [9.17, 15) is 26.8 Å². The van der Waals surface area contributed by atoms with E-state index in [1.54, 1.807) is 18.2 Å². The summed E-state index contributed by atoms with van der Waals surface area (Å²) in [5, 5.41) is 2.61. The number of hydrogen-bond acceptors (Lipinski definition) is 7. The van der Waals surface area contributed by atoms with Crippen molar-refractivity contribution in [2.75, 3.05) is 6.79 Å². The van der Waals surface area contributed by atoms with E-state index in [1.165, 1.54) is 6.92 Å². The van der Waals surface area contributed by atoms with Gasteiger partial charge in [-0.2, -0.15) is 8.78 Å². The van der Waals surface area contributed by atoms with Crippen LogP contribution >= 0.6 is 0 Å². The van der Waals surface area contributed by atoms with Crippen LogP contribution in [0.4, 0.5) is 8.78 Å². The molecule has 1 heterocycles. The van der Waals surface area contributed by atoms with Gasteiger partial charge in [0.1, 0.15) is 0 Å². The normalized spacial score (nSPS) is 13.7. The Labute approximate surface area is 170 Å². The first kappa shape index (κ1) is 21.5. The molecule has 1 N–H and O–H groups in total. The molecule has 0 saturated heterocycles. The fourth-order valence-electron chi connectivity index (χ4n) is 2.55. The molecule has 2 aromatic carbocycles. The van der Waals surface area contributed by atoms with E-state index in [-0.39, 0.29) is 18.9 Å². The highest BCUT2D eigenvalue weighted by Crippen LogP contribution is 2.32. The van der Waals surface area contributed by atoms with Crippen LogP contribution in [0.5, 0.6) is 11.5 Å². The van der Waals surface area contributed by atoms with Gasteiger partial charge in [0, 0.05) is 6.54 Å². The van der Waals surface area contributed by atoms with Crippen LogP contribution in [0.15, 0.2) is 47.4 Å². The van der Waals surface area contributed by atoms with Gasteiger partial charge in [0.2, 0.25) is 16.6 Å². The molecule has 0 fully saturated rings. The van der Waals surface area contributed by atoms with E-state index >= 15 is 0 Å². The van der Waals surface area contributed by atoms with E-state index in [2.05, 4.69) is 5.32 Å². The number of sulfone groups is 1. The molecule has 30 heavy (non-hydrogen) atoms. The minimum absolute atomic E-state index is 0.0846. The van der Waals surface area contributed by atoms with E-state index in [0.29, 0.717) is 11.5 Å². The lowest BCUT2D eigenvalue weighted by molar-refractivity contribution is -0.129. The van der Waals surface area contributed by atoms with Gasteiger partial charge in [0.15, 0.2) is 17.6 Å². The van der Waals surface area contributed by atoms with Gasteiger partial charge in [-0.05, 0) is 48.9 Å². The highest BCUT2D eigenvalue weighted by atomic mass is 32.2. The van der Waals surface area contributed by atoms with Crippen molar-refractivity contribution in [2.24, 2.45) is 0 Å². The molecular formula is C19H17F2NO7S. The average molecular weight is 441 g/mol. The van der Waals surface area contributed by atoms with Crippen molar-refractivity contribution in [1.82, 2.24) is 5.32 Å². The quantitative estimate of drug-likeness (QED) is 0.657. The number of ether oxygens (including phenoxy) is 3. The molecule has 0 spiro atoms. The first-order valence-corrected chi connectivity index (χ1v) is 10.2. The number of alkyl halides is 2. The number of rotatable bonds is 7. The smallest absolute Gasteiger partial charge is 0.341 e. The second-order valence-electron chi connectivity index (χ2n) is 6.28. The molecule has 1 atom stereocenters. The molecule has 0 saturated carbocycles. The zero-order chi connectivity index (χ0) is 21.9. The van der Waals surface area contributed by atoms with Crippen molar-refractivity contribution in [3.8, 4) is 11.5 Å². The summed E-state index contributed by atoms with van der Waals surface area (Å²) in [6, 6.07) is 9.01. The van der Waals surface area contributed by atoms with Gasteiger partial charge < -0.3 is 19.5 Å². The van der Waals surface area contributed by atoms with Crippen LogP contribution in [-0.4, -0.2) is 38.9 Å². The van der Waals surface area contributed by atoms with E-state index < -0.39 is 38.5 Å². The fraction of sp³-hybridized carbons (Fsp3) is 0.263. The van der Waals surface area contributed by atoms with Crippen LogP contribution in [-0.2, 0) is 25.9 Å². The summed E-state index contributed by atoms with van der Waals surface area (Å²) < 4.78 is 63.4. The van der Waals surface area contributed by atoms with Crippen LogP contribution in [0, 0.1) is 0 Å². The van der Waals surface area contributed by atoms with Crippen molar-refractivity contribution in [3.05, 3.63) is 53.6 Å². The standard InChI is InChI=1S/C19H17F2NO7S/c1-11(17(23)22-9-12-2-7-15-16(8-12)28-10-27-15)29-18(24)13-3-5-14(6-4-13)30(25,26)19(20)21/h2-8,11,19H,9-10H2,1H3,(H,22,23)/t11-/m0/s1. The minimum atomic E-state index is -4.76. The van der Waals surface area contributed by atoms with Crippen LogP contribution in [0.1, 0.15) is 22.8 Å². The molecule has 0 bridgehead atoms. The molecule has 1 aliphatic heterocycles. The lowest BCUT2D eigenvalue weighted by Gasteiger charge is -2.14. The highest BCUT2D eigenvalue weighted by Gasteiger charge is 2.27. The molecule has 0 aliphatic carbocycles. The molecule has 8 nitrogen and oxygen atoms in total. The van der Waals surface area contributed by atoms with Crippen molar-refractivity contribution < 1.29 is 41.0 Å². The SMILES string of the molecule is C[C@H](OC(=O)c1ccc(S(=O)(=O)C(F)F)cc1)C(=O)NCc1ccc2c(c1)OCO2. The third-order valence-electron chi connectivity index (χ3n) is 4.21. The molecule has 0 aromatic heterocycles. The monoisotopic (exact) mass is 441 g/mol. The van der Waals surface area contributed by atoms with Gasteiger partial charge in [-0.25, -0.2) is 13.2 Å². The molecule has 1 amide bonds. The predicted molar refractivity (Wildman–Crippen MR) is 98.9 cm³/mol. The zero-order valence-corrected chi connectivity index (χ0v) is 16.4. The Morgan fingerprint density at radius 3 is 2.43 bits per heavy atom. The van der Waals surface area contributed by atoms with E-state index in [0.717, 1.165) is 29.8 Å². The number of fused-ring (bicyclic) bond motifs is 1. The third-order valence-corrected chi connectivity index (χ3v) is 5.61. The number of benzene rings is 2. The molecule has 0 unspecified atom stereocenters. The first-order chi connectivity index (χ1) is 14.2. The Hall–Kier alpha value is -3.21. The molecule has 1 aliphatic rings. The molecule has 11 heteroatoms. The van der Waals surface area contributed by atoms with Crippen molar-refractivity contribution >= 4 is 21.7 Å². The molecule has 3 rings (SSSR count). The van der Waals surface area contributed by atoms with Gasteiger partial charge >= 0.3 is 11.7 Å². The third kappa shape index (κ3) is 4.67. The number of carbonyl (C=O) groups excluding carboxylic acids is 2. The van der Waals surface area contributed by atoms with E-state index in [4.69, 9.17) is 14.2 Å². The van der Waals surface area contributed by atoms with Crippen molar-refractivity contribution in [1.29, 1.82) is 0 Å².